The maximum atomic E-state index is 11.3. The van der Waals surface area contributed by atoms with Crippen LogP contribution in [-0.4, -0.2) is 16.7 Å². The quantitative estimate of drug-likeness (QED) is 0.685. The van der Waals surface area contributed by atoms with Gasteiger partial charge in [0.1, 0.15) is 0 Å². The Morgan fingerprint density at radius 2 is 1.93 bits per heavy atom. The van der Waals surface area contributed by atoms with Gasteiger partial charge in [0.25, 0.3) is 5.56 Å². The molecule has 0 saturated heterocycles. The van der Waals surface area contributed by atoms with E-state index < -0.39 is 0 Å². The Bertz CT molecular complexity index is 371. The molecule has 0 spiro atoms. The molecule has 0 bridgehead atoms. The highest BCUT2D eigenvalue weighted by atomic mass is 16.1. The molecule has 2 rings (SSSR count). The summed E-state index contributed by atoms with van der Waals surface area (Å²) in [6.07, 6.45) is 4.68. The van der Waals surface area contributed by atoms with Crippen LogP contribution < -0.4 is 11.3 Å². The topological polar surface area (TPSA) is 74.7 Å². The number of rotatable bonds is 2. The zero-order chi connectivity index (χ0) is 10.8. The smallest absolute Gasteiger partial charge is 0.267 e. The molecule has 1 aromatic heterocycles. The van der Waals surface area contributed by atoms with E-state index in [0.717, 1.165) is 30.6 Å². The first-order valence-corrected chi connectivity index (χ1v) is 5.69. The fourth-order valence-electron chi connectivity index (χ4n) is 2.53. The second kappa shape index (κ2) is 4.23. The van der Waals surface area contributed by atoms with E-state index in [2.05, 4.69) is 10.2 Å². The largest absolute Gasteiger partial charge is 0.330 e. The molecule has 1 aromatic rings. The minimum Gasteiger partial charge on any atom is -0.330 e. The lowest BCUT2D eigenvalue weighted by atomic mass is 9.80. The Balaban J connectivity index is 2.07. The second-order valence-electron chi connectivity index (χ2n) is 4.57. The summed E-state index contributed by atoms with van der Waals surface area (Å²) in [5.74, 6) is 1.21. The van der Waals surface area contributed by atoms with Gasteiger partial charge in [0, 0.05) is 17.2 Å². The fraction of sp³-hybridized carbons (Fsp3) is 0.727. The molecular weight excluding hydrogens is 190 g/mol. The average molecular weight is 209 g/mol. The van der Waals surface area contributed by atoms with Gasteiger partial charge in [-0.25, -0.2) is 0 Å². The molecule has 0 atom stereocenters. The van der Waals surface area contributed by atoms with Crippen LogP contribution in [0.1, 0.15) is 42.9 Å². The predicted molar refractivity (Wildman–Crippen MR) is 59.9 cm³/mol. The highest BCUT2D eigenvalue weighted by Gasteiger charge is 2.24. The lowest BCUT2D eigenvalue weighted by molar-refractivity contribution is 0.328. The zero-order valence-electron chi connectivity index (χ0n) is 9.18. The van der Waals surface area contributed by atoms with E-state index in [1.165, 1.54) is 12.8 Å². The number of nitrogens with one attached hydrogen (secondary N) is 2. The summed E-state index contributed by atoms with van der Waals surface area (Å²) in [4.78, 5) is 11.3. The van der Waals surface area contributed by atoms with Gasteiger partial charge in [-0.15, -0.1) is 0 Å². The van der Waals surface area contributed by atoms with Crippen molar-refractivity contribution < 1.29 is 0 Å². The van der Waals surface area contributed by atoms with E-state index >= 15 is 0 Å². The molecule has 4 heteroatoms. The molecule has 0 aromatic carbocycles. The summed E-state index contributed by atoms with van der Waals surface area (Å²) in [6, 6.07) is 0. The molecule has 4 N–H and O–H groups in total. The van der Waals surface area contributed by atoms with Crippen molar-refractivity contribution in [2.75, 3.05) is 6.54 Å². The van der Waals surface area contributed by atoms with Gasteiger partial charge >= 0.3 is 0 Å². The number of aromatic amines is 2. The molecular formula is C11H19N3O. The maximum Gasteiger partial charge on any atom is 0.267 e. The third kappa shape index (κ3) is 2.00. The van der Waals surface area contributed by atoms with Gasteiger partial charge in [0.15, 0.2) is 0 Å². The fourth-order valence-corrected chi connectivity index (χ4v) is 2.53. The van der Waals surface area contributed by atoms with Crippen molar-refractivity contribution in [2.24, 2.45) is 11.7 Å². The standard InChI is InChI=1S/C11H19N3O/c1-7-10(13-14-11(7)15)9-4-2-8(6-12)3-5-9/h8-9H,2-6,12H2,1H3,(H2,13,14,15). The molecule has 1 fully saturated rings. The van der Waals surface area contributed by atoms with Crippen LogP contribution in [0.15, 0.2) is 4.79 Å². The van der Waals surface area contributed by atoms with E-state index in [4.69, 9.17) is 5.73 Å². The Labute approximate surface area is 89.2 Å². The molecule has 1 aliphatic rings. The Morgan fingerprint density at radius 1 is 1.27 bits per heavy atom. The van der Waals surface area contributed by atoms with Crippen molar-refractivity contribution in [1.29, 1.82) is 0 Å². The number of hydrogen-bond donors (Lipinski definition) is 3. The molecule has 0 amide bonds. The normalized spacial score (nSPS) is 26.8. The molecule has 1 saturated carbocycles. The first-order valence-electron chi connectivity index (χ1n) is 5.69. The van der Waals surface area contributed by atoms with Crippen molar-refractivity contribution >= 4 is 0 Å². The van der Waals surface area contributed by atoms with Crippen LogP contribution in [0, 0.1) is 12.8 Å². The van der Waals surface area contributed by atoms with Gasteiger partial charge in [0.05, 0.1) is 0 Å². The summed E-state index contributed by atoms with van der Waals surface area (Å²) in [5.41, 5.74) is 7.64. The van der Waals surface area contributed by atoms with E-state index in [9.17, 15) is 4.79 Å². The van der Waals surface area contributed by atoms with Crippen LogP contribution in [0.5, 0.6) is 0 Å². The number of H-pyrrole nitrogens is 2. The Hall–Kier alpha value is -1.03. The molecule has 15 heavy (non-hydrogen) atoms. The minimum absolute atomic E-state index is 0.0194. The number of aromatic nitrogens is 2. The second-order valence-corrected chi connectivity index (χ2v) is 4.57. The first kappa shape index (κ1) is 10.5. The van der Waals surface area contributed by atoms with Crippen molar-refractivity contribution in [3.8, 4) is 0 Å². The van der Waals surface area contributed by atoms with E-state index in [-0.39, 0.29) is 5.56 Å². The third-order valence-electron chi connectivity index (χ3n) is 3.64. The van der Waals surface area contributed by atoms with Gasteiger partial charge in [0.2, 0.25) is 0 Å². The summed E-state index contributed by atoms with van der Waals surface area (Å²) < 4.78 is 0. The number of nitrogens with two attached hydrogens (primary N) is 1. The van der Waals surface area contributed by atoms with Crippen molar-refractivity contribution in [3.05, 3.63) is 21.6 Å². The highest BCUT2D eigenvalue weighted by Crippen LogP contribution is 2.34. The lowest BCUT2D eigenvalue weighted by Crippen LogP contribution is -2.21. The molecule has 84 valence electrons. The van der Waals surface area contributed by atoms with Crippen LogP contribution in [0.2, 0.25) is 0 Å². The van der Waals surface area contributed by atoms with Crippen LogP contribution in [0.25, 0.3) is 0 Å². The van der Waals surface area contributed by atoms with Gasteiger partial charge in [-0.05, 0) is 45.1 Å². The molecule has 0 radical (unpaired) electrons. The van der Waals surface area contributed by atoms with Gasteiger partial charge in [-0.1, -0.05) is 0 Å². The maximum absolute atomic E-state index is 11.3. The predicted octanol–water partition coefficient (Wildman–Crippen LogP) is 1.24. The van der Waals surface area contributed by atoms with Crippen LogP contribution >= 0.6 is 0 Å². The SMILES string of the molecule is Cc1c(C2CCC(CN)CC2)[nH][nH]c1=O. The molecule has 0 unspecified atom stereocenters. The number of hydrogen-bond acceptors (Lipinski definition) is 2. The lowest BCUT2D eigenvalue weighted by Gasteiger charge is -2.27. The Kier molecular flexibility index (Phi) is 2.95. The molecule has 1 aliphatic carbocycles. The summed E-state index contributed by atoms with van der Waals surface area (Å²) >= 11 is 0. The monoisotopic (exact) mass is 209 g/mol. The van der Waals surface area contributed by atoms with Gasteiger partial charge in [-0.2, -0.15) is 0 Å². The van der Waals surface area contributed by atoms with Crippen LogP contribution in [0.4, 0.5) is 0 Å². The van der Waals surface area contributed by atoms with Gasteiger partial charge in [-0.3, -0.25) is 9.89 Å². The molecule has 0 aliphatic heterocycles. The highest BCUT2D eigenvalue weighted by molar-refractivity contribution is 5.19. The van der Waals surface area contributed by atoms with E-state index in [1.807, 2.05) is 6.92 Å². The summed E-state index contributed by atoms with van der Waals surface area (Å²) in [6.45, 7) is 2.69. The molecule has 4 nitrogen and oxygen atoms in total. The summed E-state index contributed by atoms with van der Waals surface area (Å²) in [5, 5.41) is 5.66. The van der Waals surface area contributed by atoms with Crippen LogP contribution in [-0.2, 0) is 0 Å². The van der Waals surface area contributed by atoms with Crippen molar-refractivity contribution in [2.45, 2.75) is 38.5 Å². The first-order chi connectivity index (χ1) is 7.22. The zero-order valence-corrected chi connectivity index (χ0v) is 9.18. The van der Waals surface area contributed by atoms with Crippen molar-refractivity contribution in [3.63, 3.8) is 0 Å². The van der Waals surface area contributed by atoms with Crippen LogP contribution in [0.3, 0.4) is 0 Å². The van der Waals surface area contributed by atoms with E-state index in [0.29, 0.717) is 11.8 Å². The van der Waals surface area contributed by atoms with Crippen molar-refractivity contribution in [1.82, 2.24) is 10.2 Å². The minimum atomic E-state index is 0.0194. The van der Waals surface area contributed by atoms with E-state index in [1.54, 1.807) is 0 Å². The Morgan fingerprint density at radius 3 is 2.40 bits per heavy atom. The average Bonchev–Trinajstić information content (AvgIpc) is 2.60. The third-order valence-corrected chi connectivity index (χ3v) is 3.64. The summed E-state index contributed by atoms with van der Waals surface area (Å²) in [7, 11) is 0. The molecule has 1 heterocycles. The van der Waals surface area contributed by atoms with Gasteiger partial charge < -0.3 is 10.8 Å².